The number of hydrogen-bond acceptors (Lipinski definition) is 2. The van der Waals surface area contributed by atoms with Crippen molar-refractivity contribution in [2.24, 2.45) is 5.92 Å². The van der Waals surface area contributed by atoms with Gasteiger partial charge >= 0.3 is 0 Å². The van der Waals surface area contributed by atoms with E-state index in [9.17, 15) is 0 Å². The van der Waals surface area contributed by atoms with Crippen molar-refractivity contribution in [1.82, 2.24) is 4.90 Å². The highest BCUT2D eigenvalue weighted by molar-refractivity contribution is 4.73. The fourth-order valence-corrected chi connectivity index (χ4v) is 1.94. The summed E-state index contributed by atoms with van der Waals surface area (Å²) in [6.45, 7) is 13.3. The highest BCUT2D eigenvalue weighted by atomic mass is 16.5. The first-order valence-corrected chi connectivity index (χ1v) is 5.87. The summed E-state index contributed by atoms with van der Waals surface area (Å²) in [6, 6.07) is 0. The summed E-state index contributed by atoms with van der Waals surface area (Å²) in [4.78, 5) is 2.53. The zero-order valence-corrected chi connectivity index (χ0v) is 10.2. The minimum Gasteiger partial charge on any atom is -0.376 e. The van der Waals surface area contributed by atoms with Crippen LogP contribution < -0.4 is 0 Å². The van der Waals surface area contributed by atoms with Crippen LogP contribution >= 0.6 is 0 Å². The second kappa shape index (κ2) is 5.13. The summed E-state index contributed by atoms with van der Waals surface area (Å²) >= 11 is 0. The molecule has 0 bridgehead atoms. The molecule has 1 atom stereocenters. The third kappa shape index (κ3) is 4.43. The van der Waals surface area contributed by atoms with Gasteiger partial charge in [-0.25, -0.2) is 0 Å². The lowest BCUT2D eigenvalue weighted by Crippen LogP contribution is -2.38. The van der Waals surface area contributed by atoms with Gasteiger partial charge in [0.2, 0.25) is 0 Å². The third-order valence-electron chi connectivity index (χ3n) is 2.80. The van der Waals surface area contributed by atoms with Gasteiger partial charge in [-0.3, -0.25) is 0 Å². The van der Waals surface area contributed by atoms with Gasteiger partial charge in [0.1, 0.15) is 0 Å². The molecule has 0 radical (unpaired) electrons. The van der Waals surface area contributed by atoms with Crippen molar-refractivity contribution in [3.05, 3.63) is 0 Å². The van der Waals surface area contributed by atoms with E-state index in [0.717, 1.165) is 12.5 Å². The molecule has 0 amide bonds. The predicted octanol–water partition coefficient (Wildman–Crippen LogP) is 2.53. The topological polar surface area (TPSA) is 12.5 Å². The molecule has 0 saturated carbocycles. The molecule has 1 unspecified atom stereocenters. The minimum absolute atomic E-state index is 0.0223. The standard InChI is InChI=1S/C12H25NO/c1-5-13-8-6-7-11(9-13)10-14-12(2,3)4/h11H,5-10H2,1-4H3. The van der Waals surface area contributed by atoms with E-state index in [4.69, 9.17) is 4.74 Å². The second-order valence-corrected chi connectivity index (χ2v) is 5.32. The Hall–Kier alpha value is -0.0800. The van der Waals surface area contributed by atoms with Crippen molar-refractivity contribution in [2.45, 2.75) is 46.1 Å². The van der Waals surface area contributed by atoms with Crippen LogP contribution in [-0.4, -0.2) is 36.7 Å². The molecule has 14 heavy (non-hydrogen) atoms. The maximum Gasteiger partial charge on any atom is 0.0598 e. The molecule has 0 spiro atoms. The summed E-state index contributed by atoms with van der Waals surface area (Å²) in [5.74, 6) is 0.753. The Morgan fingerprint density at radius 3 is 2.64 bits per heavy atom. The molecule has 84 valence electrons. The fraction of sp³-hybridized carbons (Fsp3) is 1.00. The normalized spacial score (nSPS) is 25.3. The zero-order valence-electron chi connectivity index (χ0n) is 10.2. The smallest absolute Gasteiger partial charge is 0.0598 e. The lowest BCUT2D eigenvalue weighted by Gasteiger charge is -2.33. The lowest BCUT2D eigenvalue weighted by atomic mass is 9.99. The summed E-state index contributed by atoms with van der Waals surface area (Å²) in [6.07, 6.45) is 2.68. The first-order chi connectivity index (χ1) is 6.51. The molecular formula is C12H25NO. The maximum atomic E-state index is 5.83. The molecule has 0 aromatic rings. The van der Waals surface area contributed by atoms with Crippen LogP contribution in [0.3, 0.4) is 0 Å². The van der Waals surface area contributed by atoms with Crippen LogP contribution in [0.25, 0.3) is 0 Å². The van der Waals surface area contributed by atoms with Crippen LogP contribution in [0.5, 0.6) is 0 Å². The van der Waals surface area contributed by atoms with Crippen molar-refractivity contribution in [3.8, 4) is 0 Å². The van der Waals surface area contributed by atoms with Crippen LogP contribution in [0.1, 0.15) is 40.5 Å². The highest BCUT2D eigenvalue weighted by Gasteiger charge is 2.21. The fourth-order valence-electron chi connectivity index (χ4n) is 1.94. The lowest BCUT2D eigenvalue weighted by molar-refractivity contribution is -0.0343. The predicted molar refractivity (Wildman–Crippen MR) is 60.5 cm³/mol. The van der Waals surface area contributed by atoms with Crippen LogP contribution in [0.2, 0.25) is 0 Å². The number of likely N-dealkylation sites (tertiary alicyclic amines) is 1. The second-order valence-electron chi connectivity index (χ2n) is 5.32. The Kier molecular flexibility index (Phi) is 4.39. The van der Waals surface area contributed by atoms with E-state index in [1.165, 1.54) is 32.5 Å². The van der Waals surface area contributed by atoms with Crippen molar-refractivity contribution < 1.29 is 4.74 Å². The number of nitrogens with zero attached hydrogens (tertiary/aromatic N) is 1. The Balaban J connectivity index is 2.24. The van der Waals surface area contributed by atoms with Gasteiger partial charge in [-0.1, -0.05) is 6.92 Å². The quantitative estimate of drug-likeness (QED) is 0.692. The molecule has 1 fully saturated rings. The van der Waals surface area contributed by atoms with Crippen LogP contribution in [0.15, 0.2) is 0 Å². The van der Waals surface area contributed by atoms with E-state index in [-0.39, 0.29) is 5.60 Å². The largest absolute Gasteiger partial charge is 0.376 e. The highest BCUT2D eigenvalue weighted by Crippen LogP contribution is 2.18. The summed E-state index contributed by atoms with van der Waals surface area (Å²) in [7, 11) is 0. The van der Waals surface area contributed by atoms with E-state index >= 15 is 0 Å². The van der Waals surface area contributed by atoms with Gasteiger partial charge in [0.15, 0.2) is 0 Å². The molecule has 1 aliphatic rings. The molecule has 0 aromatic heterocycles. The van der Waals surface area contributed by atoms with E-state index in [2.05, 4.69) is 32.6 Å². The molecule has 1 aliphatic heterocycles. The van der Waals surface area contributed by atoms with Gasteiger partial charge in [0.25, 0.3) is 0 Å². The Bertz CT molecular complexity index is 162. The number of rotatable bonds is 3. The summed E-state index contributed by atoms with van der Waals surface area (Å²) in [5.41, 5.74) is 0.0223. The van der Waals surface area contributed by atoms with Crippen molar-refractivity contribution in [3.63, 3.8) is 0 Å². The van der Waals surface area contributed by atoms with Gasteiger partial charge in [0, 0.05) is 6.54 Å². The monoisotopic (exact) mass is 199 g/mol. The summed E-state index contributed by atoms with van der Waals surface area (Å²) < 4.78 is 5.83. The number of piperidine rings is 1. The molecule has 2 heteroatoms. The van der Waals surface area contributed by atoms with Crippen LogP contribution in [-0.2, 0) is 4.74 Å². The first-order valence-electron chi connectivity index (χ1n) is 5.87. The zero-order chi connectivity index (χ0) is 10.6. The molecular weight excluding hydrogens is 174 g/mol. The van der Waals surface area contributed by atoms with Crippen molar-refractivity contribution >= 4 is 0 Å². The van der Waals surface area contributed by atoms with Crippen LogP contribution in [0, 0.1) is 5.92 Å². The molecule has 1 saturated heterocycles. The SMILES string of the molecule is CCN1CCCC(COC(C)(C)C)C1. The first kappa shape index (κ1) is 12.0. The minimum atomic E-state index is 0.0223. The van der Waals surface area contributed by atoms with Gasteiger partial charge in [-0.2, -0.15) is 0 Å². The maximum absolute atomic E-state index is 5.83. The van der Waals surface area contributed by atoms with Crippen molar-refractivity contribution in [2.75, 3.05) is 26.2 Å². The molecule has 0 aliphatic carbocycles. The van der Waals surface area contributed by atoms with Gasteiger partial charge in [-0.15, -0.1) is 0 Å². The Morgan fingerprint density at radius 1 is 1.36 bits per heavy atom. The van der Waals surface area contributed by atoms with Gasteiger partial charge in [-0.05, 0) is 52.6 Å². The van der Waals surface area contributed by atoms with Gasteiger partial charge in [0.05, 0.1) is 12.2 Å². The molecule has 2 nitrogen and oxygen atoms in total. The number of hydrogen-bond donors (Lipinski definition) is 0. The average molecular weight is 199 g/mol. The van der Waals surface area contributed by atoms with E-state index in [1.54, 1.807) is 0 Å². The Labute approximate surface area is 88.6 Å². The van der Waals surface area contributed by atoms with Crippen LogP contribution in [0.4, 0.5) is 0 Å². The Morgan fingerprint density at radius 2 is 2.07 bits per heavy atom. The molecule has 1 heterocycles. The number of ether oxygens (including phenoxy) is 1. The molecule has 0 aromatic carbocycles. The third-order valence-corrected chi connectivity index (χ3v) is 2.80. The van der Waals surface area contributed by atoms with Gasteiger partial charge < -0.3 is 9.64 Å². The van der Waals surface area contributed by atoms with Crippen molar-refractivity contribution in [1.29, 1.82) is 0 Å². The van der Waals surface area contributed by atoms with E-state index < -0.39 is 0 Å². The molecule has 0 N–H and O–H groups in total. The van der Waals surface area contributed by atoms with E-state index in [0.29, 0.717) is 0 Å². The summed E-state index contributed by atoms with van der Waals surface area (Å²) in [5, 5.41) is 0. The van der Waals surface area contributed by atoms with E-state index in [1.807, 2.05) is 0 Å². The average Bonchev–Trinajstić information content (AvgIpc) is 2.14. The molecule has 1 rings (SSSR count).